The van der Waals surface area contributed by atoms with Crippen LogP contribution in [0.4, 0.5) is 0 Å². The summed E-state index contributed by atoms with van der Waals surface area (Å²) in [5.41, 5.74) is 0.571. The lowest BCUT2D eigenvalue weighted by Crippen LogP contribution is -2.46. The summed E-state index contributed by atoms with van der Waals surface area (Å²) in [6.07, 6.45) is 2.26. The van der Waals surface area contributed by atoms with E-state index in [9.17, 15) is 14.4 Å². The summed E-state index contributed by atoms with van der Waals surface area (Å²) >= 11 is 3.03. The summed E-state index contributed by atoms with van der Waals surface area (Å²) in [7, 11) is 2.11. The molecule has 0 radical (unpaired) electrons. The Balaban J connectivity index is 1.12. The molecule has 3 fully saturated rings. The molecular formula is C46H50N3O9PS2. The Hall–Kier alpha value is -4.24. The van der Waals surface area contributed by atoms with Crippen LogP contribution in [0.15, 0.2) is 125 Å². The molecule has 1 aromatic heterocycles. The quantitative estimate of drug-likeness (QED) is 0.0548. The van der Waals surface area contributed by atoms with Gasteiger partial charge >= 0.3 is 5.69 Å². The smallest absolute Gasteiger partial charge is 0.330 e. The number of aromatic amines is 1. The van der Waals surface area contributed by atoms with Gasteiger partial charge in [0.05, 0.1) is 20.8 Å². The summed E-state index contributed by atoms with van der Waals surface area (Å²) in [6, 6.07) is 35.2. The highest BCUT2D eigenvalue weighted by Crippen LogP contribution is 2.59. The number of thioether (sulfide) groups is 1. The van der Waals surface area contributed by atoms with Gasteiger partial charge in [-0.3, -0.25) is 23.8 Å². The second kappa shape index (κ2) is 19.4. The summed E-state index contributed by atoms with van der Waals surface area (Å²) in [4.78, 5) is 41.2. The molecule has 5 aromatic rings. The van der Waals surface area contributed by atoms with Gasteiger partial charge in [-0.25, -0.2) is 4.79 Å². The first-order valence-corrected chi connectivity index (χ1v) is 24.2. The molecule has 3 aliphatic rings. The predicted octanol–water partition coefficient (Wildman–Crippen LogP) is 8.29. The third-order valence-corrected chi connectivity index (χ3v) is 16.5. The zero-order valence-electron chi connectivity index (χ0n) is 34.4. The first-order valence-electron chi connectivity index (χ1n) is 20.4. The molecular weight excluding hydrogens is 834 g/mol. The maximum absolute atomic E-state index is 13.4. The Morgan fingerprint density at radius 2 is 1.44 bits per heavy atom. The molecule has 4 heterocycles. The highest BCUT2D eigenvalue weighted by molar-refractivity contribution is 8.53. The van der Waals surface area contributed by atoms with E-state index in [4.69, 9.17) is 28.2 Å². The third kappa shape index (κ3) is 9.57. The van der Waals surface area contributed by atoms with Crippen LogP contribution in [0.3, 0.4) is 0 Å². The number of fused-ring (bicyclic) bond motifs is 2. The molecule has 320 valence electrons. The van der Waals surface area contributed by atoms with Crippen molar-refractivity contribution in [2.45, 2.75) is 62.4 Å². The van der Waals surface area contributed by atoms with Gasteiger partial charge in [0.25, 0.3) is 5.56 Å². The lowest BCUT2D eigenvalue weighted by Gasteiger charge is -2.42. The van der Waals surface area contributed by atoms with E-state index in [1.807, 2.05) is 97.1 Å². The zero-order chi connectivity index (χ0) is 42.4. The normalized spacial score (nSPS) is 21.9. The summed E-state index contributed by atoms with van der Waals surface area (Å²) in [6.45, 7) is 3.58. The van der Waals surface area contributed by atoms with Crippen molar-refractivity contribution in [2.24, 2.45) is 0 Å². The van der Waals surface area contributed by atoms with Gasteiger partial charge in [0.1, 0.15) is 28.8 Å². The van der Waals surface area contributed by atoms with Crippen molar-refractivity contribution >= 4 is 35.8 Å². The molecule has 0 aliphatic carbocycles. The fraction of sp³-hybridized carbons (Fsp3) is 0.370. The molecule has 8 rings (SSSR count). The third-order valence-electron chi connectivity index (χ3n) is 11.3. The minimum absolute atomic E-state index is 0.0496. The van der Waals surface area contributed by atoms with Crippen LogP contribution >= 0.6 is 30.6 Å². The molecule has 3 aliphatic heterocycles. The molecule has 4 aromatic carbocycles. The van der Waals surface area contributed by atoms with Gasteiger partial charge in [-0.1, -0.05) is 108 Å². The summed E-state index contributed by atoms with van der Waals surface area (Å²) in [5, 5.41) is 0.0496. The second-order valence-electron chi connectivity index (χ2n) is 15.3. The molecule has 0 amide bonds. The molecule has 2 bridgehead atoms. The molecule has 15 heteroatoms. The maximum Gasteiger partial charge on any atom is 0.330 e. The summed E-state index contributed by atoms with van der Waals surface area (Å²) in [5.74, 6) is 2.77. The van der Waals surface area contributed by atoms with Gasteiger partial charge in [0.15, 0.2) is 20.0 Å². The number of rotatable bonds is 17. The minimum Gasteiger partial charge on any atom is -0.497 e. The van der Waals surface area contributed by atoms with Gasteiger partial charge in [-0.2, -0.15) is 0 Å². The van der Waals surface area contributed by atoms with Crippen molar-refractivity contribution in [1.29, 1.82) is 0 Å². The van der Waals surface area contributed by atoms with Crippen molar-refractivity contribution < 1.29 is 33.0 Å². The molecule has 5 atom stereocenters. The van der Waals surface area contributed by atoms with E-state index >= 15 is 0 Å². The number of nitrogens with zero attached hydrogens (tertiary/aromatic N) is 2. The van der Waals surface area contributed by atoms with E-state index in [2.05, 4.69) is 21.8 Å². The van der Waals surface area contributed by atoms with Crippen LogP contribution in [0.1, 0.15) is 64.5 Å². The van der Waals surface area contributed by atoms with Crippen molar-refractivity contribution in [3.05, 3.63) is 164 Å². The second-order valence-corrected chi connectivity index (χ2v) is 20.0. The highest BCUT2D eigenvalue weighted by atomic mass is 32.7. The molecule has 0 spiro atoms. The van der Waals surface area contributed by atoms with E-state index in [1.165, 1.54) is 22.5 Å². The van der Waals surface area contributed by atoms with Crippen molar-refractivity contribution in [2.75, 3.05) is 45.4 Å². The lowest BCUT2D eigenvalue weighted by atomic mass is 9.79. The molecule has 61 heavy (non-hydrogen) atoms. The van der Waals surface area contributed by atoms with Gasteiger partial charge in [0, 0.05) is 54.8 Å². The van der Waals surface area contributed by atoms with Crippen molar-refractivity contribution in [1.82, 2.24) is 14.2 Å². The number of ether oxygens (including phenoxy) is 5. The van der Waals surface area contributed by atoms with Crippen LogP contribution in [-0.4, -0.2) is 82.8 Å². The molecule has 1 unspecified atom stereocenters. The fourth-order valence-corrected chi connectivity index (χ4v) is 13.4. The SMILES string of the molecule is COc1ccc(C(OC[C@]23C[C@@H](OP(SCCSC(=O)c4ccccc4)N4CCCC4)O[C@H](C2)[C@H](n2cc(C)c(=O)[nH]c2=O)O3)(c2ccccc2)c2ccc(OC)cc2)cc1. The molecule has 1 N–H and O–H groups in total. The Labute approximate surface area is 364 Å². The van der Waals surface area contributed by atoms with Gasteiger partial charge in [0.2, 0.25) is 5.12 Å². The topological polar surface area (TPSA) is 131 Å². The first-order chi connectivity index (χ1) is 29.7. The maximum atomic E-state index is 13.4. The zero-order valence-corrected chi connectivity index (χ0v) is 36.9. The first kappa shape index (κ1) is 43.4. The van der Waals surface area contributed by atoms with Crippen LogP contribution in [0, 0.1) is 6.92 Å². The Morgan fingerprint density at radius 3 is 2.07 bits per heavy atom. The number of benzene rings is 4. The van der Waals surface area contributed by atoms with Gasteiger partial charge in [-0.15, -0.1) is 0 Å². The largest absolute Gasteiger partial charge is 0.497 e. The van der Waals surface area contributed by atoms with Crippen LogP contribution in [0.2, 0.25) is 0 Å². The number of carbonyl (C=O) groups excluding carboxylic acids is 1. The average molecular weight is 884 g/mol. The monoisotopic (exact) mass is 883 g/mol. The van der Waals surface area contributed by atoms with E-state index in [1.54, 1.807) is 32.5 Å². The standard InChI is InChI=1S/C46H50N3O9PS2/c1-32-30-49(44(52)47-41(32)50)42-39-28-45(57-42,29-40(56-39)58-59(48-24-10-11-25-48)61-27-26-60-43(51)33-12-6-4-7-13-33)31-55-46(34-14-8-5-9-15-34,35-16-20-37(53-2)21-17-35)36-18-22-38(54-3)23-19-36/h4-9,12-23,30,39-40,42H,10-11,24-29,31H2,1-3H3,(H,47,50,52)/t39-,40-,42-,45-,59?/m1/s1. The highest BCUT2D eigenvalue weighted by Gasteiger charge is 2.56. The van der Waals surface area contributed by atoms with Crippen molar-refractivity contribution in [3.8, 4) is 11.5 Å². The minimum atomic E-state index is -1.17. The number of aryl methyl sites for hydroxylation is 1. The van der Waals surface area contributed by atoms with Crippen LogP contribution in [-0.2, 0) is 24.3 Å². The van der Waals surface area contributed by atoms with Crippen molar-refractivity contribution in [3.63, 3.8) is 0 Å². The van der Waals surface area contributed by atoms with E-state index in [-0.39, 0.29) is 11.7 Å². The number of aromatic nitrogens is 2. The number of hydrogen-bond donors (Lipinski definition) is 1. The molecule has 12 nitrogen and oxygen atoms in total. The van der Waals surface area contributed by atoms with Crippen LogP contribution in [0.25, 0.3) is 0 Å². The van der Waals surface area contributed by atoms with Crippen LogP contribution in [0.5, 0.6) is 11.5 Å². The molecule has 0 saturated carbocycles. The Bertz CT molecular complexity index is 2320. The Morgan fingerprint density at radius 1 is 0.836 bits per heavy atom. The van der Waals surface area contributed by atoms with E-state index < -0.39 is 48.6 Å². The van der Waals surface area contributed by atoms with E-state index in [0.717, 1.165) is 42.6 Å². The number of nitrogens with one attached hydrogen (secondary N) is 1. The number of H-pyrrole nitrogens is 1. The lowest BCUT2D eigenvalue weighted by molar-refractivity contribution is -0.175. The summed E-state index contributed by atoms with van der Waals surface area (Å²) < 4.78 is 43.1. The van der Waals surface area contributed by atoms with Gasteiger partial charge < -0.3 is 28.2 Å². The predicted molar refractivity (Wildman–Crippen MR) is 240 cm³/mol. The number of hydrogen-bond acceptors (Lipinski definition) is 12. The fourth-order valence-electron chi connectivity index (χ4n) is 8.23. The number of methoxy groups -OCH3 is 2. The van der Waals surface area contributed by atoms with Crippen LogP contribution < -0.4 is 20.7 Å². The average Bonchev–Trinajstić information content (AvgIpc) is 3.93. The Kier molecular flexibility index (Phi) is 13.8. The number of carbonyl (C=O) groups is 1. The van der Waals surface area contributed by atoms with E-state index in [0.29, 0.717) is 47.0 Å². The molecule has 3 saturated heterocycles. The van der Waals surface area contributed by atoms with Gasteiger partial charge in [-0.05, 0) is 60.7 Å².